The Morgan fingerprint density at radius 2 is 1.69 bits per heavy atom. The fraction of sp³-hybridized carbons (Fsp3) is 0.231. The molecule has 1 saturated carbocycles. The molecule has 0 heterocycles. The predicted molar refractivity (Wildman–Crippen MR) is 133 cm³/mol. The lowest BCUT2D eigenvalue weighted by molar-refractivity contribution is -0.123. The summed E-state index contributed by atoms with van der Waals surface area (Å²) in [6.07, 6.45) is 2.17. The van der Waals surface area contributed by atoms with Crippen LogP contribution in [0.2, 0.25) is 0 Å². The monoisotopic (exact) mass is 493 g/mol. The van der Waals surface area contributed by atoms with E-state index in [0.717, 1.165) is 18.4 Å². The van der Waals surface area contributed by atoms with E-state index in [9.17, 15) is 18.0 Å². The summed E-state index contributed by atoms with van der Waals surface area (Å²) in [7, 11) is -2.54. The number of rotatable bonds is 10. The lowest BCUT2D eigenvalue weighted by Gasteiger charge is -2.19. The Bertz CT molecular complexity index is 1310. The number of nitrogens with one attached hydrogen (secondary N) is 3. The number of methoxy groups -OCH3 is 1. The summed E-state index contributed by atoms with van der Waals surface area (Å²) in [5.41, 5.74) is 1.32. The maximum Gasteiger partial charge on any atom is 0.262 e. The van der Waals surface area contributed by atoms with Crippen LogP contribution in [-0.2, 0) is 21.2 Å². The Hall–Kier alpha value is -3.85. The standard InChI is InChI=1S/C26H27N3O5S/c1-34-24-13-6-5-12-22(24)29-35(32,33)21-11-7-10-19(17-21)25(30)28-23(26(31)27-20-14-15-20)16-18-8-3-2-4-9-18/h2-13,17,20,23,29H,14-16H2,1H3,(H,27,31)(H,28,30). The molecule has 8 nitrogen and oxygen atoms in total. The van der Waals surface area contributed by atoms with Crippen molar-refractivity contribution in [3.05, 3.63) is 90.0 Å². The first-order chi connectivity index (χ1) is 16.9. The fourth-order valence-electron chi connectivity index (χ4n) is 3.57. The van der Waals surface area contributed by atoms with E-state index >= 15 is 0 Å². The molecule has 0 aromatic heterocycles. The van der Waals surface area contributed by atoms with E-state index in [1.165, 1.54) is 31.4 Å². The highest BCUT2D eigenvalue weighted by Crippen LogP contribution is 2.26. The fourth-order valence-corrected chi connectivity index (χ4v) is 4.68. The van der Waals surface area contributed by atoms with Gasteiger partial charge in [-0.2, -0.15) is 0 Å². The van der Waals surface area contributed by atoms with Crippen LogP contribution < -0.4 is 20.1 Å². The first-order valence-electron chi connectivity index (χ1n) is 11.3. The molecule has 1 unspecified atom stereocenters. The summed E-state index contributed by atoms with van der Waals surface area (Å²) < 4.78 is 33.7. The van der Waals surface area contributed by atoms with E-state index in [1.54, 1.807) is 24.3 Å². The number of anilines is 1. The molecule has 1 aliphatic carbocycles. The lowest BCUT2D eigenvalue weighted by atomic mass is 10.0. The largest absolute Gasteiger partial charge is 0.495 e. The van der Waals surface area contributed by atoms with E-state index in [4.69, 9.17) is 4.74 Å². The van der Waals surface area contributed by atoms with E-state index in [2.05, 4.69) is 15.4 Å². The number of amides is 2. The molecule has 4 rings (SSSR count). The highest BCUT2D eigenvalue weighted by atomic mass is 32.2. The van der Waals surface area contributed by atoms with Crippen molar-refractivity contribution in [2.24, 2.45) is 0 Å². The Morgan fingerprint density at radius 1 is 0.971 bits per heavy atom. The average molecular weight is 494 g/mol. The highest BCUT2D eigenvalue weighted by molar-refractivity contribution is 7.92. The van der Waals surface area contributed by atoms with Gasteiger partial charge >= 0.3 is 0 Å². The minimum atomic E-state index is -3.99. The van der Waals surface area contributed by atoms with Gasteiger partial charge in [-0.05, 0) is 48.7 Å². The molecule has 9 heteroatoms. The molecular weight excluding hydrogens is 466 g/mol. The van der Waals surface area contributed by atoms with E-state index < -0.39 is 22.0 Å². The summed E-state index contributed by atoms with van der Waals surface area (Å²) in [5, 5.41) is 5.71. The Balaban J connectivity index is 1.52. The van der Waals surface area contributed by atoms with Crippen molar-refractivity contribution in [2.45, 2.75) is 36.2 Å². The third-order valence-electron chi connectivity index (χ3n) is 5.59. The molecule has 1 aliphatic rings. The van der Waals surface area contributed by atoms with E-state index in [0.29, 0.717) is 12.2 Å². The number of hydrogen-bond donors (Lipinski definition) is 3. The number of benzene rings is 3. The molecule has 0 bridgehead atoms. The first kappa shape index (κ1) is 24.3. The molecule has 0 radical (unpaired) electrons. The minimum absolute atomic E-state index is 0.0851. The van der Waals surface area contributed by atoms with Crippen molar-refractivity contribution in [1.29, 1.82) is 0 Å². The predicted octanol–water partition coefficient (Wildman–Crippen LogP) is 3.12. The number of para-hydroxylation sites is 2. The zero-order valence-electron chi connectivity index (χ0n) is 19.2. The quantitative estimate of drug-likeness (QED) is 0.402. The van der Waals surface area contributed by atoms with Crippen LogP contribution in [0.25, 0.3) is 0 Å². The normalized spacial score (nSPS) is 14.0. The van der Waals surface area contributed by atoms with Gasteiger partial charge in [-0.1, -0.05) is 48.5 Å². The van der Waals surface area contributed by atoms with Crippen LogP contribution in [-0.4, -0.2) is 39.4 Å². The number of ether oxygens (including phenoxy) is 1. The zero-order valence-corrected chi connectivity index (χ0v) is 20.0. The topological polar surface area (TPSA) is 114 Å². The van der Waals surface area contributed by atoms with Crippen LogP contribution in [0.1, 0.15) is 28.8 Å². The molecule has 3 aromatic rings. The van der Waals surface area contributed by atoms with Crippen LogP contribution in [0, 0.1) is 0 Å². The first-order valence-corrected chi connectivity index (χ1v) is 12.7. The van der Waals surface area contributed by atoms with Gasteiger partial charge in [-0.3, -0.25) is 14.3 Å². The molecule has 35 heavy (non-hydrogen) atoms. The second-order valence-electron chi connectivity index (χ2n) is 8.33. The third-order valence-corrected chi connectivity index (χ3v) is 6.95. The van der Waals surface area contributed by atoms with Gasteiger partial charge in [0.15, 0.2) is 0 Å². The summed E-state index contributed by atoms with van der Waals surface area (Å²) in [5.74, 6) is -0.423. The second-order valence-corrected chi connectivity index (χ2v) is 10.0. The molecule has 0 aliphatic heterocycles. The van der Waals surface area contributed by atoms with Crippen molar-refractivity contribution in [1.82, 2.24) is 10.6 Å². The molecular formula is C26H27N3O5S. The third kappa shape index (κ3) is 6.39. The maximum atomic E-state index is 13.1. The van der Waals surface area contributed by atoms with Crippen LogP contribution in [0.4, 0.5) is 5.69 Å². The number of carbonyl (C=O) groups is 2. The summed E-state index contributed by atoms with van der Waals surface area (Å²) in [4.78, 5) is 25.8. The number of hydrogen-bond acceptors (Lipinski definition) is 5. The lowest BCUT2D eigenvalue weighted by Crippen LogP contribution is -2.48. The molecule has 1 atom stereocenters. The Morgan fingerprint density at radius 3 is 2.40 bits per heavy atom. The molecule has 0 saturated heterocycles. The van der Waals surface area contributed by atoms with Crippen LogP contribution in [0.15, 0.2) is 83.8 Å². The second kappa shape index (κ2) is 10.6. The van der Waals surface area contributed by atoms with Crippen molar-refractivity contribution in [3.8, 4) is 5.75 Å². The van der Waals surface area contributed by atoms with Gasteiger partial charge in [0.05, 0.1) is 17.7 Å². The minimum Gasteiger partial charge on any atom is -0.495 e. The number of sulfonamides is 1. The SMILES string of the molecule is COc1ccccc1NS(=O)(=O)c1cccc(C(=O)NC(Cc2ccccc2)C(=O)NC2CC2)c1. The van der Waals surface area contributed by atoms with Gasteiger partial charge in [0.2, 0.25) is 5.91 Å². The molecule has 3 N–H and O–H groups in total. The summed E-state index contributed by atoms with van der Waals surface area (Å²) in [6, 6.07) is 21.1. The molecule has 1 fully saturated rings. The summed E-state index contributed by atoms with van der Waals surface area (Å²) in [6.45, 7) is 0. The van der Waals surface area contributed by atoms with Crippen LogP contribution in [0.3, 0.4) is 0 Å². The van der Waals surface area contributed by atoms with Crippen molar-refractivity contribution in [3.63, 3.8) is 0 Å². The van der Waals surface area contributed by atoms with Gasteiger partial charge in [0, 0.05) is 18.0 Å². The Kier molecular flexibility index (Phi) is 7.36. The zero-order chi connectivity index (χ0) is 24.8. The van der Waals surface area contributed by atoms with Crippen molar-refractivity contribution >= 4 is 27.5 Å². The molecule has 3 aromatic carbocycles. The Labute approximate surface area is 204 Å². The number of carbonyl (C=O) groups excluding carboxylic acids is 2. The average Bonchev–Trinajstić information content (AvgIpc) is 3.68. The summed E-state index contributed by atoms with van der Waals surface area (Å²) >= 11 is 0. The van der Waals surface area contributed by atoms with Gasteiger partial charge in [0.25, 0.3) is 15.9 Å². The highest BCUT2D eigenvalue weighted by Gasteiger charge is 2.29. The van der Waals surface area contributed by atoms with Gasteiger partial charge in [-0.25, -0.2) is 8.42 Å². The van der Waals surface area contributed by atoms with E-state index in [1.807, 2.05) is 30.3 Å². The van der Waals surface area contributed by atoms with Crippen molar-refractivity contribution in [2.75, 3.05) is 11.8 Å². The van der Waals surface area contributed by atoms with Gasteiger partial charge in [-0.15, -0.1) is 0 Å². The van der Waals surface area contributed by atoms with Gasteiger partial charge in [0.1, 0.15) is 11.8 Å². The molecule has 0 spiro atoms. The van der Waals surface area contributed by atoms with Gasteiger partial charge < -0.3 is 15.4 Å². The van der Waals surface area contributed by atoms with Crippen molar-refractivity contribution < 1.29 is 22.7 Å². The molecule has 182 valence electrons. The smallest absolute Gasteiger partial charge is 0.262 e. The van der Waals surface area contributed by atoms with E-state index in [-0.39, 0.29) is 28.1 Å². The molecule has 2 amide bonds. The van der Waals surface area contributed by atoms with Crippen LogP contribution >= 0.6 is 0 Å². The van der Waals surface area contributed by atoms with Crippen LogP contribution in [0.5, 0.6) is 5.75 Å². The maximum absolute atomic E-state index is 13.1.